The summed E-state index contributed by atoms with van der Waals surface area (Å²) in [4.78, 5) is 10.2. The Bertz CT molecular complexity index is 372. The van der Waals surface area contributed by atoms with Gasteiger partial charge in [0.2, 0.25) is 0 Å². The fraction of sp³-hybridized carbons (Fsp3) is 0.100. The Balaban J connectivity index is 2.81. The second kappa shape index (κ2) is 4.67. The second-order valence-corrected chi connectivity index (χ2v) is 3.06. The zero-order chi connectivity index (χ0) is 10.6. The lowest BCUT2D eigenvalue weighted by molar-refractivity contribution is -0.135. The summed E-state index contributed by atoms with van der Waals surface area (Å²) in [7, 11) is 0. The standard InChI is InChI=1S/C10H9ClO3/c11-10-7(3-1-5-8(10)12)4-2-6-9(13)14/h1-5,12H,6H2,(H,13,14). The van der Waals surface area contributed by atoms with Gasteiger partial charge in [0, 0.05) is 0 Å². The zero-order valence-electron chi connectivity index (χ0n) is 7.27. The van der Waals surface area contributed by atoms with Gasteiger partial charge in [-0.05, 0) is 11.6 Å². The van der Waals surface area contributed by atoms with Crippen LogP contribution in [0, 0.1) is 0 Å². The number of aliphatic carboxylic acids is 1. The molecule has 0 unspecified atom stereocenters. The minimum atomic E-state index is -0.905. The second-order valence-electron chi connectivity index (χ2n) is 2.68. The Hall–Kier alpha value is -1.48. The summed E-state index contributed by atoms with van der Waals surface area (Å²) in [6, 6.07) is 4.80. The minimum Gasteiger partial charge on any atom is -0.506 e. The normalized spacial score (nSPS) is 10.6. The number of benzene rings is 1. The third-order valence-electron chi connectivity index (χ3n) is 1.60. The Labute approximate surface area is 86.3 Å². The van der Waals surface area contributed by atoms with Crippen LogP contribution in [0.4, 0.5) is 0 Å². The molecule has 74 valence electrons. The largest absolute Gasteiger partial charge is 0.506 e. The Morgan fingerprint density at radius 3 is 2.86 bits per heavy atom. The molecule has 0 saturated heterocycles. The monoisotopic (exact) mass is 212 g/mol. The number of halogens is 1. The van der Waals surface area contributed by atoms with Crippen LogP contribution < -0.4 is 0 Å². The van der Waals surface area contributed by atoms with E-state index in [4.69, 9.17) is 16.7 Å². The fourth-order valence-electron chi connectivity index (χ4n) is 0.953. The fourth-order valence-corrected chi connectivity index (χ4v) is 1.14. The molecule has 0 aliphatic rings. The lowest BCUT2D eigenvalue weighted by atomic mass is 10.2. The van der Waals surface area contributed by atoms with Crippen molar-refractivity contribution in [2.24, 2.45) is 0 Å². The van der Waals surface area contributed by atoms with Crippen LogP contribution >= 0.6 is 11.6 Å². The van der Waals surface area contributed by atoms with Gasteiger partial charge in [0.1, 0.15) is 5.75 Å². The molecule has 3 nitrogen and oxygen atoms in total. The molecule has 2 N–H and O–H groups in total. The van der Waals surface area contributed by atoms with Crippen molar-refractivity contribution in [3.63, 3.8) is 0 Å². The third-order valence-corrected chi connectivity index (χ3v) is 2.01. The first-order chi connectivity index (χ1) is 6.61. The highest BCUT2D eigenvalue weighted by molar-refractivity contribution is 6.33. The zero-order valence-corrected chi connectivity index (χ0v) is 8.03. The molecule has 1 aromatic carbocycles. The van der Waals surface area contributed by atoms with E-state index in [1.165, 1.54) is 12.1 Å². The first-order valence-corrected chi connectivity index (χ1v) is 4.35. The molecule has 0 aliphatic heterocycles. The molecule has 0 atom stereocenters. The molecular weight excluding hydrogens is 204 g/mol. The van der Waals surface area contributed by atoms with Gasteiger partial charge in [-0.3, -0.25) is 4.79 Å². The number of hydrogen-bond donors (Lipinski definition) is 2. The maximum atomic E-state index is 10.2. The van der Waals surface area contributed by atoms with Crippen LogP contribution in [-0.4, -0.2) is 16.2 Å². The van der Waals surface area contributed by atoms with Crippen LogP contribution in [0.15, 0.2) is 24.3 Å². The van der Waals surface area contributed by atoms with Gasteiger partial charge in [0.15, 0.2) is 0 Å². The van der Waals surface area contributed by atoms with Crippen LogP contribution in [-0.2, 0) is 4.79 Å². The highest BCUT2D eigenvalue weighted by atomic mass is 35.5. The molecule has 14 heavy (non-hydrogen) atoms. The summed E-state index contributed by atoms with van der Waals surface area (Å²) >= 11 is 5.76. The van der Waals surface area contributed by atoms with E-state index in [1.807, 2.05) is 0 Å². The lowest BCUT2D eigenvalue weighted by Gasteiger charge is -1.99. The quantitative estimate of drug-likeness (QED) is 0.810. The average molecular weight is 213 g/mol. The molecule has 0 aromatic heterocycles. The predicted octanol–water partition coefficient (Wildman–Crippen LogP) is 2.53. The highest BCUT2D eigenvalue weighted by Gasteiger charge is 2.01. The maximum Gasteiger partial charge on any atom is 0.307 e. The van der Waals surface area contributed by atoms with Gasteiger partial charge >= 0.3 is 5.97 Å². The molecule has 0 bridgehead atoms. The molecule has 1 aromatic rings. The van der Waals surface area contributed by atoms with Crippen LogP contribution in [0.25, 0.3) is 6.08 Å². The summed E-state index contributed by atoms with van der Waals surface area (Å²) in [6.07, 6.45) is 2.98. The van der Waals surface area contributed by atoms with E-state index in [0.29, 0.717) is 5.56 Å². The van der Waals surface area contributed by atoms with Crippen LogP contribution in [0.5, 0.6) is 5.75 Å². The van der Waals surface area contributed by atoms with Gasteiger partial charge in [-0.1, -0.05) is 35.9 Å². The molecule has 0 spiro atoms. The number of carboxylic acid groups (broad SMARTS) is 1. The Morgan fingerprint density at radius 2 is 2.21 bits per heavy atom. The first-order valence-electron chi connectivity index (χ1n) is 3.97. The van der Waals surface area contributed by atoms with Crippen molar-refractivity contribution in [1.29, 1.82) is 0 Å². The summed E-state index contributed by atoms with van der Waals surface area (Å²) in [6.45, 7) is 0. The van der Waals surface area contributed by atoms with Crippen LogP contribution in [0.3, 0.4) is 0 Å². The third kappa shape index (κ3) is 2.78. The number of aromatic hydroxyl groups is 1. The van der Waals surface area contributed by atoms with Gasteiger partial charge in [-0.15, -0.1) is 0 Å². The molecule has 0 heterocycles. The van der Waals surface area contributed by atoms with E-state index in [0.717, 1.165) is 0 Å². The molecule has 0 aliphatic carbocycles. The van der Waals surface area contributed by atoms with E-state index in [9.17, 15) is 9.90 Å². The summed E-state index contributed by atoms with van der Waals surface area (Å²) in [5.74, 6) is -0.915. The number of carbonyl (C=O) groups is 1. The summed E-state index contributed by atoms with van der Waals surface area (Å²) in [5.41, 5.74) is 0.605. The molecule has 0 radical (unpaired) electrons. The van der Waals surface area contributed by atoms with E-state index < -0.39 is 5.97 Å². The van der Waals surface area contributed by atoms with E-state index in [2.05, 4.69) is 0 Å². The van der Waals surface area contributed by atoms with Gasteiger partial charge < -0.3 is 10.2 Å². The maximum absolute atomic E-state index is 10.2. The molecule has 1 rings (SSSR count). The minimum absolute atomic E-state index is 0.0101. The van der Waals surface area contributed by atoms with Crippen LogP contribution in [0.2, 0.25) is 5.02 Å². The van der Waals surface area contributed by atoms with Gasteiger partial charge in [-0.2, -0.15) is 0 Å². The number of hydrogen-bond acceptors (Lipinski definition) is 2. The highest BCUT2D eigenvalue weighted by Crippen LogP contribution is 2.27. The van der Waals surface area contributed by atoms with Crippen molar-refractivity contribution >= 4 is 23.6 Å². The SMILES string of the molecule is O=C(O)CC=Cc1cccc(O)c1Cl. The molecule has 0 saturated carbocycles. The van der Waals surface area contributed by atoms with Gasteiger partial charge in [0.05, 0.1) is 11.4 Å². The Kier molecular flexibility index (Phi) is 3.54. The van der Waals surface area contributed by atoms with Gasteiger partial charge in [-0.25, -0.2) is 0 Å². The Morgan fingerprint density at radius 1 is 1.50 bits per heavy atom. The number of phenolic OH excluding ortho intramolecular Hbond substituents is 1. The molecular formula is C10H9ClO3. The van der Waals surface area contributed by atoms with Crippen LogP contribution in [0.1, 0.15) is 12.0 Å². The van der Waals surface area contributed by atoms with E-state index in [-0.39, 0.29) is 17.2 Å². The smallest absolute Gasteiger partial charge is 0.307 e. The van der Waals surface area contributed by atoms with Gasteiger partial charge in [0.25, 0.3) is 0 Å². The van der Waals surface area contributed by atoms with Crippen molar-refractivity contribution in [3.05, 3.63) is 34.9 Å². The first kappa shape index (κ1) is 10.6. The predicted molar refractivity (Wildman–Crippen MR) is 54.4 cm³/mol. The summed E-state index contributed by atoms with van der Waals surface area (Å²) < 4.78 is 0. The number of carboxylic acids is 1. The number of rotatable bonds is 3. The van der Waals surface area contributed by atoms with Crippen molar-refractivity contribution in [3.8, 4) is 5.75 Å². The van der Waals surface area contributed by atoms with E-state index >= 15 is 0 Å². The van der Waals surface area contributed by atoms with Crippen molar-refractivity contribution in [2.75, 3.05) is 0 Å². The molecule has 4 heteroatoms. The van der Waals surface area contributed by atoms with Crippen molar-refractivity contribution in [2.45, 2.75) is 6.42 Å². The van der Waals surface area contributed by atoms with Crippen molar-refractivity contribution < 1.29 is 15.0 Å². The average Bonchev–Trinajstić information content (AvgIpc) is 2.12. The number of phenols is 1. The molecule has 0 amide bonds. The van der Waals surface area contributed by atoms with Crippen molar-refractivity contribution in [1.82, 2.24) is 0 Å². The summed E-state index contributed by atoms with van der Waals surface area (Å²) in [5, 5.41) is 17.8. The molecule has 0 fully saturated rings. The van der Waals surface area contributed by atoms with E-state index in [1.54, 1.807) is 18.2 Å². The topological polar surface area (TPSA) is 57.5 Å². The lowest BCUT2D eigenvalue weighted by Crippen LogP contribution is -1.89.